The lowest BCUT2D eigenvalue weighted by molar-refractivity contribution is 0.529. The van der Waals surface area contributed by atoms with Crippen molar-refractivity contribution in [2.45, 2.75) is 20.0 Å². The van der Waals surface area contributed by atoms with E-state index in [0.717, 1.165) is 28.0 Å². The highest BCUT2D eigenvalue weighted by Crippen LogP contribution is 2.28. The molecule has 0 aliphatic rings. The monoisotopic (exact) mass is 308 g/mol. The van der Waals surface area contributed by atoms with E-state index >= 15 is 0 Å². The van der Waals surface area contributed by atoms with E-state index in [-0.39, 0.29) is 0 Å². The van der Waals surface area contributed by atoms with Gasteiger partial charge in [0.1, 0.15) is 5.76 Å². The molecule has 2 aromatic rings. The van der Waals surface area contributed by atoms with Crippen molar-refractivity contribution in [3.05, 3.63) is 51.9 Å². The molecule has 0 saturated heterocycles. The molecule has 2 N–H and O–H groups in total. The van der Waals surface area contributed by atoms with E-state index in [1.54, 1.807) is 6.26 Å². The lowest BCUT2D eigenvalue weighted by atomic mass is 10.1. The molecule has 4 heteroatoms. The van der Waals surface area contributed by atoms with E-state index in [4.69, 9.17) is 10.2 Å². The Morgan fingerprint density at radius 1 is 1.33 bits per heavy atom. The van der Waals surface area contributed by atoms with Gasteiger partial charge in [-0.25, -0.2) is 0 Å². The Morgan fingerprint density at radius 3 is 2.72 bits per heavy atom. The topological polar surface area (TPSA) is 42.4 Å². The van der Waals surface area contributed by atoms with Crippen molar-refractivity contribution < 1.29 is 4.42 Å². The second-order valence-corrected chi connectivity index (χ2v) is 5.15. The normalized spacial score (nSPS) is 10.7. The highest BCUT2D eigenvalue weighted by molar-refractivity contribution is 9.10. The highest BCUT2D eigenvalue weighted by atomic mass is 79.9. The first-order valence-electron chi connectivity index (χ1n) is 5.85. The van der Waals surface area contributed by atoms with Gasteiger partial charge in [0.05, 0.1) is 6.26 Å². The number of furan rings is 1. The summed E-state index contributed by atoms with van der Waals surface area (Å²) in [6.07, 6.45) is 1.73. The number of aryl methyl sites for hydroxylation is 1. The first-order chi connectivity index (χ1) is 8.63. The summed E-state index contributed by atoms with van der Waals surface area (Å²) in [5, 5.41) is 0. The number of rotatable bonds is 4. The zero-order valence-corrected chi connectivity index (χ0v) is 12.2. The van der Waals surface area contributed by atoms with Gasteiger partial charge >= 0.3 is 0 Å². The minimum absolute atomic E-state index is 0.519. The van der Waals surface area contributed by atoms with Crippen LogP contribution in [0.15, 0.2) is 39.4 Å². The van der Waals surface area contributed by atoms with Crippen molar-refractivity contribution in [2.75, 3.05) is 11.9 Å². The first-order valence-corrected chi connectivity index (χ1v) is 6.64. The van der Waals surface area contributed by atoms with E-state index in [0.29, 0.717) is 6.54 Å². The van der Waals surface area contributed by atoms with Gasteiger partial charge in [-0.05, 0) is 25.1 Å². The molecule has 1 aromatic carbocycles. The summed E-state index contributed by atoms with van der Waals surface area (Å²) in [5.41, 5.74) is 9.28. The van der Waals surface area contributed by atoms with Gasteiger partial charge in [-0.3, -0.25) is 0 Å². The molecule has 0 aliphatic heterocycles. The van der Waals surface area contributed by atoms with Crippen LogP contribution >= 0.6 is 15.9 Å². The van der Waals surface area contributed by atoms with Crippen molar-refractivity contribution >= 4 is 21.6 Å². The van der Waals surface area contributed by atoms with Crippen LogP contribution in [0, 0.1) is 6.92 Å². The van der Waals surface area contributed by atoms with E-state index < -0.39 is 0 Å². The fourth-order valence-electron chi connectivity index (χ4n) is 2.02. The van der Waals surface area contributed by atoms with Gasteiger partial charge in [0, 0.05) is 41.4 Å². The summed E-state index contributed by atoms with van der Waals surface area (Å²) in [4.78, 5) is 2.19. The SMILES string of the molecule is Cc1occc1CN(C)c1cccc(Br)c1CN. The molecule has 0 amide bonds. The summed E-state index contributed by atoms with van der Waals surface area (Å²) in [6, 6.07) is 8.13. The third kappa shape index (κ3) is 2.60. The molecule has 0 unspecified atom stereocenters. The quantitative estimate of drug-likeness (QED) is 0.940. The molecule has 18 heavy (non-hydrogen) atoms. The summed E-state index contributed by atoms with van der Waals surface area (Å²) in [7, 11) is 2.06. The van der Waals surface area contributed by atoms with Crippen LogP contribution in [-0.4, -0.2) is 7.05 Å². The number of halogens is 1. The average Bonchev–Trinajstić information content (AvgIpc) is 2.74. The van der Waals surface area contributed by atoms with Crippen LogP contribution in [0.25, 0.3) is 0 Å². The summed E-state index contributed by atoms with van der Waals surface area (Å²) < 4.78 is 6.37. The molecule has 0 aliphatic carbocycles. The number of hydrogen-bond acceptors (Lipinski definition) is 3. The number of benzene rings is 1. The Hall–Kier alpha value is -1.26. The number of hydrogen-bond donors (Lipinski definition) is 1. The van der Waals surface area contributed by atoms with Crippen molar-refractivity contribution in [2.24, 2.45) is 5.73 Å². The minimum Gasteiger partial charge on any atom is -0.469 e. The molecule has 2 rings (SSSR count). The number of nitrogens with two attached hydrogens (primary N) is 1. The maximum absolute atomic E-state index is 5.82. The van der Waals surface area contributed by atoms with E-state index in [9.17, 15) is 0 Å². The lowest BCUT2D eigenvalue weighted by Crippen LogP contribution is -2.19. The molecule has 3 nitrogen and oxygen atoms in total. The number of anilines is 1. The van der Waals surface area contributed by atoms with Crippen LogP contribution in [0.4, 0.5) is 5.69 Å². The zero-order chi connectivity index (χ0) is 13.1. The Balaban J connectivity index is 2.26. The smallest absolute Gasteiger partial charge is 0.105 e. The minimum atomic E-state index is 0.519. The van der Waals surface area contributed by atoms with Gasteiger partial charge in [0.25, 0.3) is 0 Å². The predicted molar refractivity (Wildman–Crippen MR) is 77.6 cm³/mol. The molecule has 0 radical (unpaired) electrons. The second kappa shape index (κ2) is 5.59. The van der Waals surface area contributed by atoms with Crippen LogP contribution in [-0.2, 0) is 13.1 Å². The summed E-state index contributed by atoms with van der Waals surface area (Å²) in [5.74, 6) is 0.964. The largest absolute Gasteiger partial charge is 0.469 e. The molecule has 96 valence electrons. The maximum atomic E-state index is 5.82. The standard InChI is InChI=1S/C14H17BrN2O/c1-10-11(6-7-18-10)9-17(2)14-5-3-4-13(15)12(14)8-16/h3-7H,8-9,16H2,1-2H3. The van der Waals surface area contributed by atoms with Crippen molar-refractivity contribution in [1.82, 2.24) is 0 Å². The highest BCUT2D eigenvalue weighted by Gasteiger charge is 2.11. The van der Waals surface area contributed by atoms with E-state index in [1.165, 1.54) is 5.56 Å². The molecule has 0 fully saturated rings. The summed E-state index contributed by atoms with van der Waals surface area (Å²) >= 11 is 3.54. The molecule has 1 aromatic heterocycles. The lowest BCUT2D eigenvalue weighted by Gasteiger charge is -2.22. The van der Waals surface area contributed by atoms with Crippen molar-refractivity contribution in [3.63, 3.8) is 0 Å². The van der Waals surface area contributed by atoms with Crippen molar-refractivity contribution in [3.8, 4) is 0 Å². The Bertz CT molecular complexity index is 536. The van der Waals surface area contributed by atoms with Gasteiger partial charge in [0.15, 0.2) is 0 Å². The molecule has 0 spiro atoms. The Kier molecular flexibility index (Phi) is 4.09. The molecule has 1 heterocycles. The maximum Gasteiger partial charge on any atom is 0.105 e. The molecule has 0 saturated carbocycles. The summed E-state index contributed by atoms with van der Waals surface area (Å²) in [6.45, 7) is 3.31. The molecular weight excluding hydrogens is 292 g/mol. The van der Waals surface area contributed by atoms with Gasteiger partial charge in [0.2, 0.25) is 0 Å². The third-order valence-corrected chi connectivity index (χ3v) is 3.83. The first kappa shape index (κ1) is 13.2. The van der Waals surface area contributed by atoms with Crippen LogP contribution in [0.5, 0.6) is 0 Å². The molecule has 0 bridgehead atoms. The average molecular weight is 309 g/mol. The fraction of sp³-hybridized carbons (Fsp3) is 0.286. The van der Waals surface area contributed by atoms with Gasteiger partial charge in [-0.15, -0.1) is 0 Å². The van der Waals surface area contributed by atoms with E-state index in [1.807, 2.05) is 25.1 Å². The number of nitrogens with zero attached hydrogens (tertiary/aromatic N) is 1. The van der Waals surface area contributed by atoms with Gasteiger partial charge in [-0.1, -0.05) is 22.0 Å². The van der Waals surface area contributed by atoms with Crippen LogP contribution in [0.3, 0.4) is 0 Å². The van der Waals surface area contributed by atoms with Crippen LogP contribution in [0.2, 0.25) is 0 Å². The third-order valence-electron chi connectivity index (χ3n) is 3.08. The fourth-order valence-corrected chi connectivity index (χ4v) is 2.54. The predicted octanol–water partition coefficient (Wildman–Crippen LogP) is 3.45. The second-order valence-electron chi connectivity index (χ2n) is 4.30. The zero-order valence-electron chi connectivity index (χ0n) is 10.6. The van der Waals surface area contributed by atoms with Gasteiger partial charge in [-0.2, -0.15) is 0 Å². The Morgan fingerprint density at radius 2 is 2.11 bits per heavy atom. The van der Waals surface area contributed by atoms with E-state index in [2.05, 4.69) is 33.9 Å². The molecular formula is C14H17BrN2O. The Labute approximate surface area is 116 Å². The van der Waals surface area contributed by atoms with Crippen LogP contribution < -0.4 is 10.6 Å². The van der Waals surface area contributed by atoms with Gasteiger partial charge < -0.3 is 15.1 Å². The van der Waals surface area contributed by atoms with Crippen molar-refractivity contribution in [1.29, 1.82) is 0 Å². The molecule has 0 atom stereocenters. The van der Waals surface area contributed by atoms with Crippen LogP contribution in [0.1, 0.15) is 16.9 Å².